The maximum absolute atomic E-state index is 12.5. The number of benzene rings is 1. The lowest BCUT2D eigenvalue weighted by Gasteiger charge is -2.17. The minimum Gasteiger partial charge on any atom is -0.491 e. The normalized spacial score (nSPS) is 11.6. The maximum Gasteiger partial charge on any atom is 0.509 e. The van der Waals surface area contributed by atoms with Gasteiger partial charge in [0.1, 0.15) is 12.4 Å². The molecule has 0 saturated carbocycles. The van der Waals surface area contributed by atoms with E-state index < -0.39 is 12.4 Å². The number of aryl methyl sites for hydroxylation is 1. The Bertz CT molecular complexity index is 396. The van der Waals surface area contributed by atoms with Gasteiger partial charge in [0, 0.05) is 7.11 Å². The molecule has 0 heterocycles. The predicted octanol–water partition coefficient (Wildman–Crippen LogP) is 2.09. The van der Waals surface area contributed by atoms with Gasteiger partial charge in [-0.05, 0) is 18.6 Å². The molecule has 0 saturated heterocycles. The molecule has 0 aliphatic rings. The molecule has 1 aromatic carbocycles. The SMILES string of the molecule is COCCOCCOc1ccc([B-](F)(F)F)cc1C. The van der Waals surface area contributed by atoms with E-state index in [-0.39, 0.29) is 0 Å². The van der Waals surface area contributed by atoms with Crippen LogP contribution in [0.2, 0.25) is 0 Å². The molecule has 3 nitrogen and oxygen atoms in total. The molecule has 0 fully saturated rings. The third-order valence-corrected chi connectivity index (χ3v) is 2.49. The number of ether oxygens (including phenoxy) is 3. The second kappa shape index (κ2) is 7.40. The highest BCUT2D eigenvalue weighted by molar-refractivity contribution is 6.73. The van der Waals surface area contributed by atoms with E-state index in [1.807, 2.05) is 0 Å². The Labute approximate surface area is 110 Å². The van der Waals surface area contributed by atoms with Crippen LogP contribution in [0.3, 0.4) is 0 Å². The molecule has 108 valence electrons. The Hall–Kier alpha value is -1.21. The molecule has 1 rings (SSSR count). The van der Waals surface area contributed by atoms with Crippen molar-refractivity contribution in [2.24, 2.45) is 0 Å². The largest absolute Gasteiger partial charge is 0.509 e. The molecule has 0 N–H and O–H groups in total. The Morgan fingerprint density at radius 1 is 1.05 bits per heavy atom. The summed E-state index contributed by atoms with van der Waals surface area (Å²) in [6.07, 6.45) is 0. The highest BCUT2D eigenvalue weighted by Gasteiger charge is 2.25. The first kappa shape index (κ1) is 15.9. The Morgan fingerprint density at radius 2 is 1.74 bits per heavy atom. The lowest BCUT2D eigenvalue weighted by molar-refractivity contribution is 0.0543. The summed E-state index contributed by atoms with van der Waals surface area (Å²) in [5, 5.41) is 0. The molecule has 0 amide bonds. The smallest absolute Gasteiger partial charge is 0.491 e. The molecule has 7 heteroatoms. The summed E-state index contributed by atoms with van der Waals surface area (Å²) >= 11 is 0. The van der Waals surface area contributed by atoms with E-state index in [4.69, 9.17) is 14.2 Å². The first-order chi connectivity index (χ1) is 8.95. The van der Waals surface area contributed by atoms with Crippen LogP contribution in [0.25, 0.3) is 0 Å². The molecule has 19 heavy (non-hydrogen) atoms. The van der Waals surface area contributed by atoms with E-state index >= 15 is 0 Å². The molecular formula is C12H17BF3O3-. The maximum atomic E-state index is 12.5. The van der Waals surface area contributed by atoms with Crippen molar-refractivity contribution in [3.63, 3.8) is 0 Å². The van der Waals surface area contributed by atoms with Gasteiger partial charge in [0.15, 0.2) is 0 Å². The molecule has 1 aromatic rings. The van der Waals surface area contributed by atoms with Crippen LogP contribution in [0.1, 0.15) is 5.56 Å². The Balaban J connectivity index is 2.43. The van der Waals surface area contributed by atoms with Gasteiger partial charge in [-0.2, -0.15) is 0 Å². The standard InChI is InChI=1S/C12H17BF3O3/c1-10-9-11(13(14,15)16)3-4-12(10)19-8-7-18-6-5-17-2/h3-4,9H,5-8H2,1-2H3/q-1. The van der Waals surface area contributed by atoms with Gasteiger partial charge in [-0.3, -0.25) is 0 Å². The Morgan fingerprint density at radius 3 is 2.32 bits per heavy atom. The molecule has 0 radical (unpaired) electrons. The van der Waals surface area contributed by atoms with E-state index in [1.54, 1.807) is 14.0 Å². The fourth-order valence-electron chi connectivity index (χ4n) is 1.49. The zero-order valence-corrected chi connectivity index (χ0v) is 11.0. The van der Waals surface area contributed by atoms with Crippen molar-refractivity contribution in [1.82, 2.24) is 0 Å². The molecule has 0 unspecified atom stereocenters. The predicted molar refractivity (Wildman–Crippen MR) is 68.1 cm³/mol. The second-order valence-electron chi connectivity index (χ2n) is 4.05. The molecule has 0 aromatic heterocycles. The minimum absolute atomic E-state index is 0.293. The average Bonchev–Trinajstić information content (AvgIpc) is 2.34. The topological polar surface area (TPSA) is 27.7 Å². The van der Waals surface area contributed by atoms with E-state index in [1.165, 1.54) is 6.07 Å². The van der Waals surface area contributed by atoms with Crippen LogP contribution < -0.4 is 10.2 Å². The van der Waals surface area contributed by atoms with E-state index in [0.717, 1.165) is 12.1 Å². The molecule has 0 spiro atoms. The van der Waals surface area contributed by atoms with Gasteiger partial charge >= 0.3 is 6.98 Å². The van der Waals surface area contributed by atoms with Gasteiger partial charge < -0.3 is 27.2 Å². The number of halogens is 3. The van der Waals surface area contributed by atoms with Crippen molar-refractivity contribution in [2.75, 3.05) is 33.5 Å². The van der Waals surface area contributed by atoms with Crippen molar-refractivity contribution in [2.45, 2.75) is 6.92 Å². The van der Waals surface area contributed by atoms with E-state index in [2.05, 4.69) is 0 Å². The van der Waals surface area contributed by atoms with Crippen molar-refractivity contribution in [3.05, 3.63) is 23.8 Å². The summed E-state index contributed by atoms with van der Waals surface area (Å²) in [5.74, 6) is 0.444. The van der Waals surface area contributed by atoms with Crippen LogP contribution in [-0.2, 0) is 9.47 Å². The first-order valence-corrected chi connectivity index (χ1v) is 5.95. The number of methoxy groups -OCH3 is 1. The molecule has 0 aliphatic heterocycles. The van der Waals surface area contributed by atoms with Crippen LogP contribution in [0.5, 0.6) is 5.75 Å². The summed E-state index contributed by atoms with van der Waals surface area (Å²) in [7, 11) is 1.58. The second-order valence-corrected chi connectivity index (χ2v) is 4.05. The van der Waals surface area contributed by atoms with Crippen LogP contribution >= 0.6 is 0 Å². The minimum atomic E-state index is -4.96. The number of rotatable bonds is 8. The summed E-state index contributed by atoms with van der Waals surface area (Å²) < 4.78 is 52.9. The third kappa shape index (κ3) is 5.53. The highest BCUT2D eigenvalue weighted by atomic mass is 19.4. The van der Waals surface area contributed by atoms with Crippen LogP contribution in [0, 0.1) is 6.92 Å². The molecule has 0 bridgehead atoms. The molecular weight excluding hydrogens is 260 g/mol. The first-order valence-electron chi connectivity index (χ1n) is 5.95. The van der Waals surface area contributed by atoms with Crippen molar-refractivity contribution in [1.29, 1.82) is 0 Å². The highest BCUT2D eigenvalue weighted by Crippen LogP contribution is 2.18. The number of hydrogen-bond acceptors (Lipinski definition) is 3. The van der Waals surface area contributed by atoms with Crippen LogP contribution in [0.4, 0.5) is 12.9 Å². The van der Waals surface area contributed by atoms with E-state index in [0.29, 0.717) is 37.7 Å². The zero-order chi connectivity index (χ0) is 14.3. The quantitative estimate of drug-likeness (QED) is 0.538. The van der Waals surface area contributed by atoms with Gasteiger partial charge in [0.05, 0.1) is 19.8 Å². The summed E-state index contributed by atoms with van der Waals surface area (Å²) in [6.45, 7) is -1.74. The fraction of sp³-hybridized carbons (Fsp3) is 0.500. The summed E-state index contributed by atoms with van der Waals surface area (Å²) in [4.78, 5) is 0. The zero-order valence-electron chi connectivity index (χ0n) is 11.0. The Kier molecular flexibility index (Phi) is 6.17. The van der Waals surface area contributed by atoms with Gasteiger partial charge in [-0.1, -0.05) is 12.1 Å². The van der Waals surface area contributed by atoms with Gasteiger partial charge in [0.2, 0.25) is 0 Å². The van der Waals surface area contributed by atoms with Crippen molar-refractivity contribution >= 4 is 12.4 Å². The van der Waals surface area contributed by atoms with Crippen molar-refractivity contribution in [3.8, 4) is 5.75 Å². The van der Waals surface area contributed by atoms with Gasteiger partial charge in [-0.25, -0.2) is 0 Å². The van der Waals surface area contributed by atoms with Crippen LogP contribution in [-0.4, -0.2) is 40.5 Å². The number of hydrogen-bond donors (Lipinski definition) is 0. The average molecular weight is 277 g/mol. The lowest BCUT2D eigenvalue weighted by Crippen LogP contribution is -2.34. The van der Waals surface area contributed by atoms with Crippen molar-refractivity contribution < 1.29 is 27.2 Å². The van der Waals surface area contributed by atoms with E-state index in [9.17, 15) is 12.9 Å². The molecule has 0 atom stereocenters. The fourth-order valence-corrected chi connectivity index (χ4v) is 1.49. The summed E-state index contributed by atoms with van der Waals surface area (Å²) in [6, 6.07) is 3.48. The summed E-state index contributed by atoms with van der Waals surface area (Å²) in [5.41, 5.74) is -0.144. The van der Waals surface area contributed by atoms with Gasteiger partial charge in [0.25, 0.3) is 0 Å². The van der Waals surface area contributed by atoms with Gasteiger partial charge in [-0.15, -0.1) is 5.46 Å². The third-order valence-electron chi connectivity index (χ3n) is 2.49. The van der Waals surface area contributed by atoms with Crippen LogP contribution in [0.15, 0.2) is 18.2 Å². The molecule has 0 aliphatic carbocycles. The lowest BCUT2D eigenvalue weighted by atomic mass is 9.79. The monoisotopic (exact) mass is 277 g/mol.